The lowest BCUT2D eigenvalue weighted by molar-refractivity contribution is 0.274. The Kier molecular flexibility index (Phi) is 4.91. The van der Waals surface area contributed by atoms with Crippen molar-refractivity contribution >= 4 is 22.4 Å². The highest BCUT2D eigenvalue weighted by Gasteiger charge is 2.20. The molecule has 1 aliphatic rings. The van der Waals surface area contributed by atoms with Gasteiger partial charge in [-0.25, -0.2) is 9.97 Å². The zero-order valence-electron chi connectivity index (χ0n) is 15.3. The summed E-state index contributed by atoms with van der Waals surface area (Å²) >= 11 is 0. The molecule has 0 atom stereocenters. The van der Waals surface area contributed by atoms with Gasteiger partial charge in [-0.15, -0.1) is 0 Å². The Hall–Kier alpha value is -3.44. The van der Waals surface area contributed by atoms with E-state index < -0.39 is 0 Å². The van der Waals surface area contributed by atoms with Gasteiger partial charge in [-0.05, 0) is 30.3 Å². The number of pyridine rings is 1. The van der Waals surface area contributed by atoms with E-state index in [-0.39, 0.29) is 18.7 Å². The minimum Gasteiger partial charge on any atom is -0.395 e. The van der Waals surface area contributed by atoms with E-state index in [0.29, 0.717) is 16.5 Å². The van der Waals surface area contributed by atoms with Crippen molar-refractivity contribution in [3.05, 3.63) is 58.8 Å². The second-order valence-electron chi connectivity index (χ2n) is 6.63. The van der Waals surface area contributed by atoms with Gasteiger partial charge in [-0.3, -0.25) is 9.36 Å². The smallest absolute Gasteiger partial charge is 0.261 e. The molecule has 1 fully saturated rings. The summed E-state index contributed by atoms with van der Waals surface area (Å²) in [5.41, 5.74) is 2.11. The number of piperazine rings is 1. The molecule has 28 heavy (non-hydrogen) atoms. The number of hydrogen-bond acceptors (Lipinski definition) is 7. The molecule has 1 aliphatic heterocycles. The van der Waals surface area contributed by atoms with Gasteiger partial charge in [0.25, 0.3) is 5.56 Å². The molecular weight excluding hydrogens is 356 g/mol. The summed E-state index contributed by atoms with van der Waals surface area (Å²) < 4.78 is 1.42. The third-order valence-corrected chi connectivity index (χ3v) is 5.00. The fraction of sp³-hybridized carbons (Fsp3) is 0.300. The number of aliphatic hydroxyl groups excluding tert-OH is 1. The van der Waals surface area contributed by atoms with Crippen LogP contribution in [0.4, 0.5) is 11.5 Å². The molecule has 1 aromatic carbocycles. The van der Waals surface area contributed by atoms with Gasteiger partial charge in [0.2, 0.25) is 0 Å². The summed E-state index contributed by atoms with van der Waals surface area (Å²) in [4.78, 5) is 25.5. The predicted molar refractivity (Wildman–Crippen MR) is 106 cm³/mol. The monoisotopic (exact) mass is 376 g/mol. The van der Waals surface area contributed by atoms with Crippen molar-refractivity contribution in [2.24, 2.45) is 0 Å². The predicted octanol–water partition coefficient (Wildman–Crippen LogP) is 0.982. The second-order valence-corrected chi connectivity index (χ2v) is 6.63. The highest BCUT2D eigenvalue weighted by atomic mass is 16.3. The van der Waals surface area contributed by atoms with Gasteiger partial charge in [-0.1, -0.05) is 0 Å². The van der Waals surface area contributed by atoms with Crippen LogP contribution in [0.25, 0.3) is 10.9 Å². The molecule has 3 heterocycles. The Morgan fingerprint density at radius 1 is 1.11 bits per heavy atom. The van der Waals surface area contributed by atoms with Crippen molar-refractivity contribution in [2.45, 2.75) is 6.54 Å². The topological polar surface area (TPSA) is 98.3 Å². The van der Waals surface area contributed by atoms with E-state index in [2.05, 4.69) is 25.8 Å². The highest BCUT2D eigenvalue weighted by molar-refractivity contribution is 5.81. The molecule has 0 saturated carbocycles. The molecule has 0 amide bonds. The van der Waals surface area contributed by atoms with Gasteiger partial charge in [0.1, 0.15) is 11.9 Å². The maximum Gasteiger partial charge on any atom is 0.261 e. The average Bonchev–Trinajstić information content (AvgIpc) is 2.75. The molecule has 0 radical (unpaired) electrons. The molecule has 8 heteroatoms. The first kappa shape index (κ1) is 17.9. The first-order chi connectivity index (χ1) is 13.7. The Morgan fingerprint density at radius 3 is 2.64 bits per heavy atom. The fourth-order valence-corrected chi connectivity index (χ4v) is 3.52. The minimum absolute atomic E-state index is 0.0980. The van der Waals surface area contributed by atoms with Gasteiger partial charge in [0, 0.05) is 38.1 Å². The van der Waals surface area contributed by atoms with Crippen molar-refractivity contribution in [3.8, 4) is 6.07 Å². The fourth-order valence-electron chi connectivity index (χ4n) is 3.52. The third kappa shape index (κ3) is 3.28. The first-order valence-electron chi connectivity index (χ1n) is 9.16. The van der Waals surface area contributed by atoms with E-state index in [1.807, 2.05) is 12.1 Å². The lowest BCUT2D eigenvalue weighted by atomic mass is 10.2. The van der Waals surface area contributed by atoms with Crippen LogP contribution in [0.15, 0.2) is 47.7 Å². The van der Waals surface area contributed by atoms with Crippen molar-refractivity contribution in [2.75, 3.05) is 42.6 Å². The molecule has 1 saturated heterocycles. The number of benzene rings is 1. The van der Waals surface area contributed by atoms with Crippen molar-refractivity contribution in [1.29, 1.82) is 5.26 Å². The van der Waals surface area contributed by atoms with Crippen LogP contribution in [0, 0.1) is 11.3 Å². The Bertz CT molecular complexity index is 1100. The normalized spacial score (nSPS) is 14.3. The van der Waals surface area contributed by atoms with E-state index in [1.54, 1.807) is 24.4 Å². The van der Waals surface area contributed by atoms with Crippen LogP contribution >= 0.6 is 0 Å². The molecule has 8 nitrogen and oxygen atoms in total. The molecule has 2 aromatic heterocycles. The molecular formula is C20H20N6O2. The Labute approximate surface area is 161 Å². The minimum atomic E-state index is -0.144. The second kappa shape index (κ2) is 7.66. The molecule has 4 rings (SSSR count). The largest absolute Gasteiger partial charge is 0.395 e. The Morgan fingerprint density at radius 2 is 1.89 bits per heavy atom. The molecule has 142 valence electrons. The van der Waals surface area contributed by atoms with Crippen LogP contribution in [0.3, 0.4) is 0 Å². The molecule has 0 unspecified atom stereocenters. The SMILES string of the molecule is N#Cc1cccnc1N1CCN(c2ccc3c(=O)n(CCO)cnc3c2)CC1. The van der Waals surface area contributed by atoms with E-state index in [4.69, 9.17) is 5.11 Å². The van der Waals surface area contributed by atoms with Gasteiger partial charge in [0.15, 0.2) is 0 Å². The highest BCUT2D eigenvalue weighted by Crippen LogP contribution is 2.23. The van der Waals surface area contributed by atoms with Gasteiger partial charge >= 0.3 is 0 Å². The lowest BCUT2D eigenvalue weighted by Gasteiger charge is -2.37. The quantitative estimate of drug-likeness (QED) is 0.725. The van der Waals surface area contributed by atoms with Gasteiger partial charge in [0.05, 0.1) is 35.9 Å². The number of aliphatic hydroxyl groups is 1. The molecule has 3 aromatic rings. The van der Waals surface area contributed by atoms with Crippen molar-refractivity contribution < 1.29 is 5.11 Å². The number of rotatable bonds is 4. The summed E-state index contributed by atoms with van der Waals surface area (Å²) in [6.07, 6.45) is 3.19. The maximum absolute atomic E-state index is 12.4. The summed E-state index contributed by atoms with van der Waals surface area (Å²) in [6.45, 7) is 3.23. The van der Waals surface area contributed by atoms with Crippen LogP contribution < -0.4 is 15.4 Å². The van der Waals surface area contributed by atoms with Crippen LogP contribution in [0.2, 0.25) is 0 Å². The number of hydrogen-bond donors (Lipinski definition) is 1. The Balaban J connectivity index is 1.53. The average molecular weight is 376 g/mol. The first-order valence-corrected chi connectivity index (χ1v) is 9.16. The summed E-state index contributed by atoms with van der Waals surface area (Å²) in [6, 6.07) is 11.4. The number of anilines is 2. The third-order valence-electron chi connectivity index (χ3n) is 5.00. The van der Waals surface area contributed by atoms with Crippen LogP contribution in [0.5, 0.6) is 0 Å². The number of nitrogens with zero attached hydrogens (tertiary/aromatic N) is 6. The van der Waals surface area contributed by atoms with Crippen LogP contribution in [-0.4, -0.2) is 52.4 Å². The van der Waals surface area contributed by atoms with Crippen LogP contribution in [-0.2, 0) is 6.54 Å². The van der Waals surface area contributed by atoms with E-state index in [9.17, 15) is 10.1 Å². The molecule has 1 N–H and O–H groups in total. The standard InChI is InChI=1S/C20H20N6O2/c21-13-15-2-1-5-22-19(15)25-8-6-24(7-9-25)16-3-4-17-18(12-16)23-14-26(10-11-27)20(17)28/h1-5,12,14,27H,6-11H2. The van der Waals surface area contributed by atoms with Gasteiger partial charge < -0.3 is 14.9 Å². The van der Waals surface area contributed by atoms with E-state index >= 15 is 0 Å². The number of fused-ring (bicyclic) bond motifs is 1. The molecule has 0 aliphatic carbocycles. The van der Waals surface area contributed by atoms with E-state index in [0.717, 1.165) is 37.7 Å². The molecule has 0 bridgehead atoms. The van der Waals surface area contributed by atoms with Crippen LogP contribution in [0.1, 0.15) is 5.56 Å². The van der Waals surface area contributed by atoms with E-state index in [1.165, 1.54) is 10.9 Å². The maximum atomic E-state index is 12.4. The van der Waals surface area contributed by atoms with Crippen molar-refractivity contribution in [1.82, 2.24) is 14.5 Å². The molecule has 0 spiro atoms. The van der Waals surface area contributed by atoms with Crippen molar-refractivity contribution in [3.63, 3.8) is 0 Å². The van der Waals surface area contributed by atoms with Gasteiger partial charge in [-0.2, -0.15) is 5.26 Å². The summed E-state index contributed by atoms with van der Waals surface area (Å²) in [7, 11) is 0. The number of aromatic nitrogens is 3. The zero-order valence-corrected chi connectivity index (χ0v) is 15.3. The lowest BCUT2D eigenvalue weighted by Crippen LogP contribution is -2.47. The number of nitriles is 1. The summed E-state index contributed by atoms with van der Waals surface area (Å²) in [5.74, 6) is 0.731. The summed E-state index contributed by atoms with van der Waals surface area (Å²) in [5, 5.41) is 18.9. The zero-order chi connectivity index (χ0) is 19.5.